The summed E-state index contributed by atoms with van der Waals surface area (Å²) < 4.78 is 1.70. The van der Waals surface area contributed by atoms with E-state index >= 15 is 0 Å². The molecule has 6 nitrogen and oxygen atoms in total. The van der Waals surface area contributed by atoms with Gasteiger partial charge in [-0.15, -0.1) is 15.3 Å². The lowest BCUT2D eigenvalue weighted by molar-refractivity contribution is 0.771. The molecule has 0 bridgehead atoms. The predicted octanol–water partition coefficient (Wildman–Crippen LogP) is 0.429. The zero-order valence-electron chi connectivity index (χ0n) is 9.59. The van der Waals surface area contributed by atoms with Gasteiger partial charge in [-0.2, -0.15) is 4.52 Å². The van der Waals surface area contributed by atoms with E-state index < -0.39 is 0 Å². The van der Waals surface area contributed by atoms with Crippen molar-refractivity contribution in [2.24, 2.45) is 5.73 Å². The van der Waals surface area contributed by atoms with Gasteiger partial charge in [0, 0.05) is 13.1 Å². The van der Waals surface area contributed by atoms with E-state index in [0.29, 0.717) is 12.4 Å². The maximum Gasteiger partial charge on any atom is 0.178 e. The minimum Gasteiger partial charge on any atom is -0.356 e. The van der Waals surface area contributed by atoms with Crippen LogP contribution in [0.15, 0.2) is 12.1 Å². The molecule has 0 aliphatic rings. The molecule has 0 amide bonds. The fourth-order valence-corrected chi connectivity index (χ4v) is 1.67. The largest absolute Gasteiger partial charge is 0.356 e. The summed E-state index contributed by atoms with van der Waals surface area (Å²) in [6.07, 6.45) is 0. The third kappa shape index (κ3) is 1.71. The van der Waals surface area contributed by atoms with Gasteiger partial charge in [0.1, 0.15) is 5.82 Å². The van der Waals surface area contributed by atoms with Crippen LogP contribution in [0.4, 0.5) is 5.82 Å². The van der Waals surface area contributed by atoms with Crippen LogP contribution in [-0.2, 0) is 6.54 Å². The predicted molar refractivity (Wildman–Crippen MR) is 62.2 cm³/mol. The fraction of sp³-hybridized carbons (Fsp3) is 0.500. The van der Waals surface area contributed by atoms with Gasteiger partial charge in [-0.1, -0.05) is 0 Å². The summed E-state index contributed by atoms with van der Waals surface area (Å²) in [5.41, 5.74) is 6.31. The molecule has 0 saturated carbocycles. The van der Waals surface area contributed by atoms with Crippen molar-refractivity contribution in [1.29, 1.82) is 0 Å². The molecule has 0 saturated heterocycles. The van der Waals surface area contributed by atoms with Crippen molar-refractivity contribution in [1.82, 2.24) is 19.8 Å². The highest BCUT2D eigenvalue weighted by Gasteiger charge is 2.08. The molecule has 0 spiro atoms. The molecule has 0 radical (unpaired) electrons. The molecule has 0 aliphatic carbocycles. The molecule has 0 aliphatic heterocycles. The molecule has 0 fully saturated rings. The first-order valence-corrected chi connectivity index (χ1v) is 5.46. The fourth-order valence-electron chi connectivity index (χ4n) is 1.67. The Balaban J connectivity index is 2.48. The van der Waals surface area contributed by atoms with Crippen molar-refractivity contribution >= 4 is 11.5 Å². The Labute approximate surface area is 94.1 Å². The molecule has 16 heavy (non-hydrogen) atoms. The minimum absolute atomic E-state index is 0.343. The molecule has 2 N–H and O–H groups in total. The van der Waals surface area contributed by atoms with Crippen molar-refractivity contribution in [2.45, 2.75) is 20.4 Å². The SMILES string of the molecule is CCN(CC)c1ccc2nnc(CN)n2n1. The van der Waals surface area contributed by atoms with Gasteiger partial charge in [-0.25, -0.2) is 0 Å². The Bertz CT molecular complexity index is 473. The Morgan fingerprint density at radius 2 is 2.00 bits per heavy atom. The van der Waals surface area contributed by atoms with Crippen molar-refractivity contribution in [2.75, 3.05) is 18.0 Å². The lowest BCUT2D eigenvalue weighted by Gasteiger charge is -2.19. The van der Waals surface area contributed by atoms with Crippen LogP contribution in [-0.4, -0.2) is 32.9 Å². The first kappa shape index (κ1) is 10.8. The molecule has 0 aromatic carbocycles. The number of fused-ring (bicyclic) bond motifs is 1. The van der Waals surface area contributed by atoms with Gasteiger partial charge in [-0.05, 0) is 26.0 Å². The summed E-state index contributed by atoms with van der Waals surface area (Å²) in [5, 5.41) is 12.5. The zero-order valence-corrected chi connectivity index (χ0v) is 9.59. The summed E-state index contributed by atoms with van der Waals surface area (Å²) in [6.45, 7) is 6.40. The highest BCUT2D eigenvalue weighted by molar-refractivity contribution is 5.45. The number of hydrogen-bond acceptors (Lipinski definition) is 5. The Morgan fingerprint density at radius 3 is 2.62 bits per heavy atom. The van der Waals surface area contributed by atoms with E-state index in [-0.39, 0.29) is 0 Å². The molecule has 0 atom stereocenters. The van der Waals surface area contributed by atoms with Crippen LogP contribution in [0, 0.1) is 0 Å². The standard InChI is InChI=1S/C10H16N6/c1-3-15(4-2)9-6-5-8-12-13-10(7-11)16(8)14-9/h5-6H,3-4,7,11H2,1-2H3. The van der Waals surface area contributed by atoms with Crippen molar-refractivity contribution in [3.8, 4) is 0 Å². The molecule has 2 aromatic heterocycles. The average molecular weight is 220 g/mol. The van der Waals surface area contributed by atoms with Gasteiger partial charge in [0.2, 0.25) is 0 Å². The van der Waals surface area contributed by atoms with Gasteiger partial charge in [0.25, 0.3) is 0 Å². The van der Waals surface area contributed by atoms with Crippen molar-refractivity contribution in [3.63, 3.8) is 0 Å². The van der Waals surface area contributed by atoms with Crippen LogP contribution < -0.4 is 10.6 Å². The molecule has 6 heteroatoms. The summed E-state index contributed by atoms with van der Waals surface area (Å²) >= 11 is 0. The minimum atomic E-state index is 0.343. The Hall–Kier alpha value is -1.69. The maximum absolute atomic E-state index is 5.57. The van der Waals surface area contributed by atoms with E-state index in [2.05, 4.69) is 34.0 Å². The third-order valence-corrected chi connectivity index (χ3v) is 2.58. The molecular weight excluding hydrogens is 204 g/mol. The summed E-state index contributed by atoms with van der Waals surface area (Å²) in [6, 6.07) is 3.87. The highest BCUT2D eigenvalue weighted by Crippen LogP contribution is 2.11. The van der Waals surface area contributed by atoms with Crippen LogP contribution in [0.1, 0.15) is 19.7 Å². The third-order valence-electron chi connectivity index (χ3n) is 2.58. The van der Waals surface area contributed by atoms with Crippen LogP contribution in [0.3, 0.4) is 0 Å². The van der Waals surface area contributed by atoms with Gasteiger partial charge in [-0.3, -0.25) is 0 Å². The van der Waals surface area contributed by atoms with Crippen LogP contribution in [0.2, 0.25) is 0 Å². The van der Waals surface area contributed by atoms with E-state index in [9.17, 15) is 0 Å². The zero-order chi connectivity index (χ0) is 11.5. The van der Waals surface area contributed by atoms with E-state index in [1.807, 2.05) is 12.1 Å². The monoisotopic (exact) mass is 220 g/mol. The van der Waals surface area contributed by atoms with E-state index in [1.54, 1.807) is 4.52 Å². The Morgan fingerprint density at radius 1 is 1.25 bits per heavy atom. The maximum atomic E-state index is 5.57. The number of nitrogens with two attached hydrogens (primary N) is 1. The topological polar surface area (TPSA) is 72.3 Å². The van der Waals surface area contributed by atoms with E-state index in [1.165, 1.54) is 0 Å². The quantitative estimate of drug-likeness (QED) is 0.809. The number of nitrogens with zero attached hydrogens (tertiary/aromatic N) is 5. The second kappa shape index (κ2) is 4.44. The molecule has 2 heterocycles. The number of rotatable bonds is 4. The lowest BCUT2D eigenvalue weighted by atomic mass is 10.4. The summed E-state index contributed by atoms with van der Waals surface area (Å²) in [7, 11) is 0. The van der Waals surface area contributed by atoms with Gasteiger partial charge in [0.05, 0.1) is 6.54 Å². The summed E-state index contributed by atoms with van der Waals surface area (Å²) in [4.78, 5) is 2.17. The van der Waals surface area contributed by atoms with Crippen molar-refractivity contribution < 1.29 is 0 Å². The summed E-state index contributed by atoms with van der Waals surface area (Å²) in [5.74, 6) is 1.61. The smallest absolute Gasteiger partial charge is 0.178 e. The number of anilines is 1. The second-order valence-electron chi connectivity index (χ2n) is 3.45. The highest BCUT2D eigenvalue weighted by atomic mass is 15.4. The molecule has 2 rings (SSSR count). The molecule has 86 valence electrons. The average Bonchev–Trinajstić information content (AvgIpc) is 2.73. The normalized spacial score (nSPS) is 10.9. The molecule has 2 aromatic rings. The van der Waals surface area contributed by atoms with Crippen LogP contribution >= 0.6 is 0 Å². The van der Waals surface area contributed by atoms with Gasteiger partial charge >= 0.3 is 0 Å². The molecule has 0 unspecified atom stereocenters. The number of aromatic nitrogens is 4. The second-order valence-corrected chi connectivity index (χ2v) is 3.45. The lowest BCUT2D eigenvalue weighted by Crippen LogP contribution is -2.23. The Kier molecular flexibility index (Phi) is 3.00. The van der Waals surface area contributed by atoms with Crippen molar-refractivity contribution in [3.05, 3.63) is 18.0 Å². The van der Waals surface area contributed by atoms with E-state index in [4.69, 9.17) is 5.73 Å². The number of hydrogen-bond donors (Lipinski definition) is 1. The van der Waals surface area contributed by atoms with E-state index in [0.717, 1.165) is 24.6 Å². The van der Waals surface area contributed by atoms with Crippen LogP contribution in [0.25, 0.3) is 5.65 Å². The van der Waals surface area contributed by atoms with Crippen LogP contribution in [0.5, 0.6) is 0 Å². The van der Waals surface area contributed by atoms with Gasteiger partial charge < -0.3 is 10.6 Å². The first-order chi connectivity index (χ1) is 7.80. The molecular formula is C10H16N6. The first-order valence-electron chi connectivity index (χ1n) is 5.46. The van der Waals surface area contributed by atoms with Gasteiger partial charge in [0.15, 0.2) is 11.5 Å².